The van der Waals surface area contributed by atoms with Crippen molar-refractivity contribution in [1.29, 1.82) is 0 Å². The predicted molar refractivity (Wildman–Crippen MR) is 47.1 cm³/mol. The van der Waals surface area contributed by atoms with E-state index in [2.05, 4.69) is 0 Å². The molecule has 0 saturated heterocycles. The molecule has 0 aromatic heterocycles. The molecule has 0 fully saturated rings. The minimum Gasteiger partial charge on any atom is -0.479 e. The van der Waals surface area contributed by atoms with Gasteiger partial charge in [0.25, 0.3) is 0 Å². The van der Waals surface area contributed by atoms with E-state index < -0.39 is 12.1 Å². The normalized spacial score (nSPS) is 13.8. The highest BCUT2D eigenvalue weighted by atomic mass is 16.5. The first-order chi connectivity index (χ1) is 5.43. The second-order valence-electron chi connectivity index (χ2n) is 3.64. The number of hydrogen-bond donors (Lipinski definition) is 1. The summed E-state index contributed by atoms with van der Waals surface area (Å²) in [7, 11) is 0. The SMILES string of the molecule is CC(C)C[C@H](OC(C)C)C(=O)O. The van der Waals surface area contributed by atoms with Gasteiger partial charge in [-0.2, -0.15) is 0 Å². The number of rotatable bonds is 5. The van der Waals surface area contributed by atoms with Gasteiger partial charge in [-0.3, -0.25) is 0 Å². The third-order valence-corrected chi connectivity index (χ3v) is 1.40. The van der Waals surface area contributed by atoms with Crippen molar-refractivity contribution in [2.45, 2.75) is 46.3 Å². The molecule has 0 radical (unpaired) electrons. The number of aliphatic carboxylic acids is 1. The molecular formula is C9H18O3. The Hall–Kier alpha value is -0.570. The summed E-state index contributed by atoms with van der Waals surface area (Å²) in [5.41, 5.74) is 0. The van der Waals surface area contributed by atoms with Crippen LogP contribution in [0.5, 0.6) is 0 Å². The fourth-order valence-electron chi connectivity index (χ4n) is 0.971. The van der Waals surface area contributed by atoms with Crippen molar-refractivity contribution in [2.24, 2.45) is 5.92 Å². The van der Waals surface area contributed by atoms with Crippen molar-refractivity contribution in [2.75, 3.05) is 0 Å². The van der Waals surface area contributed by atoms with E-state index in [1.165, 1.54) is 0 Å². The van der Waals surface area contributed by atoms with Gasteiger partial charge in [-0.15, -0.1) is 0 Å². The summed E-state index contributed by atoms with van der Waals surface area (Å²) in [5, 5.41) is 8.75. The Bertz CT molecular complexity index is 131. The molecule has 0 spiro atoms. The van der Waals surface area contributed by atoms with Crippen LogP contribution in [0.25, 0.3) is 0 Å². The molecule has 0 aromatic carbocycles. The van der Waals surface area contributed by atoms with Gasteiger partial charge in [0.15, 0.2) is 6.10 Å². The number of carboxylic acids is 1. The predicted octanol–water partition coefficient (Wildman–Crippen LogP) is 1.91. The van der Waals surface area contributed by atoms with Crippen LogP contribution in [0, 0.1) is 5.92 Å². The van der Waals surface area contributed by atoms with Gasteiger partial charge < -0.3 is 9.84 Å². The highest BCUT2D eigenvalue weighted by Gasteiger charge is 2.20. The minimum absolute atomic E-state index is 0.0233. The van der Waals surface area contributed by atoms with Crippen LogP contribution in [-0.4, -0.2) is 23.3 Å². The smallest absolute Gasteiger partial charge is 0.332 e. The lowest BCUT2D eigenvalue weighted by atomic mass is 10.1. The van der Waals surface area contributed by atoms with Crippen LogP contribution in [0.2, 0.25) is 0 Å². The molecule has 0 heterocycles. The lowest BCUT2D eigenvalue weighted by Crippen LogP contribution is -2.28. The number of carbonyl (C=O) groups is 1. The van der Waals surface area contributed by atoms with E-state index in [9.17, 15) is 4.79 Å². The summed E-state index contributed by atoms with van der Waals surface area (Å²) >= 11 is 0. The third-order valence-electron chi connectivity index (χ3n) is 1.40. The first-order valence-electron chi connectivity index (χ1n) is 4.31. The van der Waals surface area contributed by atoms with Crippen LogP contribution in [0.15, 0.2) is 0 Å². The largest absolute Gasteiger partial charge is 0.479 e. The van der Waals surface area contributed by atoms with Gasteiger partial charge >= 0.3 is 5.97 Å². The molecule has 1 atom stereocenters. The molecule has 12 heavy (non-hydrogen) atoms. The highest BCUT2D eigenvalue weighted by molar-refractivity contribution is 5.72. The standard InChI is InChI=1S/C9H18O3/c1-6(2)5-8(9(10)11)12-7(3)4/h6-8H,5H2,1-4H3,(H,10,11)/t8-/m0/s1. The zero-order chi connectivity index (χ0) is 9.72. The van der Waals surface area contributed by atoms with Crippen molar-refractivity contribution in [3.05, 3.63) is 0 Å². The summed E-state index contributed by atoms with van der Waals surface area (Å²) < 4.78 is 5.22. The van der Waals surface area contributed by atoms with E-state index in [1.54, 1.807) is 0 Å². The topological polar surface area (TPSA) is 46.5 Å². The molecule has 0 aliphatic heterocycles. The van der Waals surface area contributed by atoms with E-state index >= 15 is 0 Å². The lowest BCUT2D eigenvalue weighted by molar-refractivity contribution is -0.154. The maximum absolute atomic E-state index is 10.6. The molecule has 72 valence electrons. The molecule has 0 rings (SSSR count). The molecule has 0 unspecified atom stereocenters. The average molecular weight is 174 g/mol. The fourth-order valence-corrected chi connectivity index (χ4v) is 0.971. The van der Waals surface area contributed by atoms with Gasteiger partial charge in [-0.25, -0.2) is 4.79 Å². The fraction of sp³-hybridized carbons (Fsp3) is 0.889. The molecule has 0 amide bonds. The number of ether oxygens (including phenoxy) is 1. The van der Waals surface area contributed by atoms with E-state index in [4.69, 9.17) is 9.84 Å². The van der Waals surface area contributed by atoms with E-state index in [0.717, 1.165) is 0 Å². The van der Waals surface area contributed by atoms with Crippen LogP contribution < -0.4 is 0 Å². The van der Waals surface area contributed by atoms with Crippen molar-refractivity contribution >= 4 is 5.97 Å². The zero-order valence-electron chi connectivity index (χ0n) is 8.20. The summed E-state index contributed by atoms with van der Waals surface area (Å²) in [6.07, 6.45) is -0.0945. The van der Waals surface area contributed by atoms with E-state index in [1.807, 2.05) is 27.7 Å². The Kier molecular flexibility index (Phi) is 4.90. The maximum atomic E-state index is 10.6. The second-order valence-corrected chi connectivity index (χ2v) is 3.64. The van der Waals surface area contributed by atoms with Crippen molar-refractivity contribution in [3.8, 4) is 0 Å². The molecule has 0 aliphatic carbocycles. The van der Waals surface area contributed by atoms with Gasteiger partial charge in [0.05, 0.1) is 6.10 Å². The van der Waals surface area contributed by atoms with Crippen molar-refractivity contribution in [3.63, 3.8) is 0 Å². The van der Waals surface area contributed by atoms with Crippen molar-refractivity contribution < 1.29 is 14.6 Å². The van der Waals surface area contributed by atoms with Crippen molar-refractivity contribution in [1.82, 2.24) is 0 Å². The van der Waals surface area contributed by atoms with Gasteiger partial charge in [-0.1, -0.05) is 13.8 Å². The summed E-state index contributed by atoms with van der Waals surface area (Å²) in [6.45, 7) is 7.66. The number of hydrogen-bond acceptors (Lipinski definition) is 2. The Balaban J connectivity index is 3.96. The average Bonchev–Trinajstić information content (AvgIpc) is 1.83. The lowest BCUT2D eigenvalue weighted by Gasteiger charge is -2.17. The van der Waals surface area contributed by atoms with Gasteiger partial charge in [0, 0.05) is 0 Å². The first kappa shape index (κ1) is 11.4. The van der Waals surface area contributed by atoms with Gasteiger partial charge in [0.1, 0.15) is 0 Å². The van der Waals surface area contributed by atoms with Crippen LogP contribution in [0.4, 0.5) is 0 Å². The molecule has 0 saturated carbocycles. The van der Waals surface area contributed by atoms with E-state index in [0.29, 0.717) is 12.3 Å². The monoisotopic (exact) mass is 174 g/mol. The quantitative estimate of drug-likeness (QED) is 0.692. The van der Waals surface area contributed by atoms with Crippen LogP contribution in [-0.2, 0) is 9.53 Å². The third kappa shape index (κ3) is 5.13. The molecule has 3 heteroatoms. The highest BCUT2D eigenvalue weighted by Crippen LogP contribution is 2.10. The molecule has 3 nitrogen and oxygen atoms in total. The molecular weight excluding hydrogens is 156 g/mol. The molecule has 0 bridgehead atoms. The summed E-state index contributed by atoms with van der Waals surface area (Å²) in [6, 6.07) is 0. The van der Waals surface area contributed by atoms with Crippen LogP contribution in [0.1, 0.15) is 34.1 Å². The van der Waals surface area contributed by atoms with Crippen LogP contribution in [0.3, 0.4) is 0 Å². The van der Waals surface area contributed by atoms with Gasteiger partial charge in [-0.05, 0) is 26.2 Å². The maximum Gasteiger partial charge on any atom is 0.332 e. The Morgan fingerprint density at radius 2 is 1.83 bits per heavy atom. The first-order valence-corrected chi connectivity index (χ1v) is 4.31. The Labute approximate surface area is 73.7 Å². The molecule has 0 aromatic rings. The minimum atomic E-state index is -0.864. The molecule has 0 aliphatic rings. The van der Waals surface area contributed by atoms with E-state index in [-0.39, 0.29) is 6.10 Å². The Morgan fingerprint density at radius 1 is 1.33 bits per heavy atom. The molecule has 1 N–H and O–H groups in total. The van der Waals surface area contributed by atoms with Crippen LogP contribution >= 0.6 is 0 Å². The second kappa shape index (κ2) is 5.14. The summed E-state index contributed by atoms with van der Waals surface area (Å²) in [4.78, 5) is 10.6. The zero-order valence-corrected chi connectivity index (χ0v) is 8.20. The van der Waals surface area contributed by atoms with Gasteiger partial charge in [0.2, 0.25) is 0 Å². The Morgan fingerprint density at radius 3 is 2.08 bits per heavy atom. The number of carboxylic acid groups (broad SMARTS) is 1. The summed E-state index contributed by atoms with van der Waals surface area (Å²) in [5.74, 6) is -0.512.